The number of imidazole rings is 1. The molecule has 0 fully saturated rings. The van der Waals surface area contributed by atoms with Crippen molar-refractivity contribution in [2.75, 3.05) is 0 Å². The van der Waals surface area contributed by atoms with Crippen molar-refractivity contribution in [2.24, 2.45) is 14.1 Å². The minimum absolute atomic E-state index is 0.0141. The van der Waals surface area contributed by atoms with E-state index in [9.17, 15) is 4.79 Å². The Labute approximate surface area is 135 Å². The fourth-order valence-electron chi connectivity index (χ4n) is 2.51. The fraction of sp³-hybridized carbons (Fsp3) is 0.188. The van der Waals surface area contributed by atoms with Crippen LogP contribution in [0, 0.1) is 0 Å². The maximum absolute atomic E-state index is 12.0. The quantitative estimate of drug-likeness (QED) is 0.630. The van der Waals surface area contributed by atoms with Crippen LogP contribution in [0.25, 0.3) is 11.0 Å². The molecule has 1 aromatic heterocycles. The molecule has 1 unspecified atom stereocenters. The Hall–Kier alpha value is -1.52. The van der Waals surface area contributed by atoms with Crippen LogP contribution in [0.1, 0.15) is 16.0 Å². The number of hydrogen-bond acceptors (Lipinski definition) is 1. The van der Waals surface area contributed by atoms with Gasteiger partial charge in [-0.05, 0) is 35.4 Å². The molecule has 0 aliphatic heterocycles. The van der Waals surface area contributed by atoms with Crippen LogP contribution in [0.2, 0.25) is 5.02 Å². The van der Waals surface area contributed by atoms with Gasteiger partial charge in [-0.1, -0.05) is 45.7 Å². The largest absolute Gasteiger partial charge is 0.328 e. The number of hydrogen-bond donors (Lipinski definition) is 0. The number of benzene rings is 2. The van der Waals surface area contributed by atoms with E-state index in [1.165, 1.54) is 0 Å². The van der Waals surface area contributed by atoms with E-state index in [1.807, 2.05) is 42.5 Å². The summed E-state index contributed by atoms with van der Waals surface area (Å²) in [6.07, 6.45) is 0. The molecule has 21 heavy (non-hydrogen) atoms. The van der Waals surface area contributed by atoms with Crippen LogP contribution in [-0.2, 0) is 14.1 Å². The minimum atomic E-state index is -0.0141. The van der Waals surface area contributed by atoms with Crippen LogP contribution in [0.5, 0.6) is 0 Å². The first kappa shape index (κ1) is 14.4. The highest BCUT2D eigenvalue weighted by atomic mass is 79.9. The summed E-state index contributed by atoms with van der Waals surface area (Å²) in [4.78, 5) is 12.0. The van der Waals surface area contributed by atoms with Crippen molar-refractivity contribution in [2.45, 2.75) is 4.83 Å². The number of nitrogens with zero attached hydrogens (tertiary/aromatic N) is 2. The van der Waals surface area contributed by atoms with Gasteiger partial charge in [-0.2, -0.15) is 0 Å². The second-order valence-electron chi connectivity index (χ2n) is 5.06. The topological polar surface area (TPSA) is 26.9 Å². The van der Waals surface area contributed by atoms with Gasteiger partial charge >= 0.3 is 5.69 Å². The van der Waals surface area contributed by atoms with Gasteiger partial charge in [0.25, 0.3) is 0 Å². The van der Waals surface area contributed by atoms with Gasteiger partial charge in [-0.3, -0.25) is 9.13 Å². The van der Waals surface area contributed by atoms with E-state index >= 15 is 0 Å². The molecule has 0 N–H and O–H groups in total. The van der Waals surface area contributed by atoms with E-state index in [0.29, 0.717) is 0 Å². The SMILES string of the molecule is Cn1c(=O)n(C)c2cc(C(Br)c3ccc(Cl)cc3)ccc21. The van der Waals surface area contributed by atoms with Crippen molar-refractivity contribution in [1.82, 2.24) is 9.13 Å². The van der Waals surface area contributed by atoms with Crippen LogP contribution in [-0.4, -0.2) is 9.13 Å². The van der Waals surface area contributed by atoms with E-state index in [1.54, 1.807) is 23.2 Å². The lowest BCUT2D eigenvalue weighted by atomic mass is 10.0. The van der Waals surface area contributed by atoms with Crippen LogP contribution in [0.3, 0.4) is 0 Å². The molecule has 3 nitrogen and oxygen atoms in total. The highest BCUT2D eigenvalue weighted by Crippen LogP contribution is 2.32. The molecule has 2 aromatic carbocycles. The lowest BCUT2D eigenvalue weighted by Crippen LogP contribution is -2.19. The normalized spacial score (nSPS) is 12.8. The molecule has 108 valence electrons. The van der Waals surface area contributed by atoms with Crippen LogP contribution >= 0.6 is 27.5 Å². The number of fused-ring (bicyclic) bond motifs is 1. The summed E-state index contributed by atoms with van der Waals surface area (Å²) >= 11 is 9.64. The molecule has 1 atom stereocenters. The lowest BCUT2D eigenvalue weighted by Gasteiger charge is -2.11. The maximum Gasteiger partial charge on any atom is 0.328 e. The molecule has 5 heteroatoms. The Balaban J connectivity index is 2.10. The van der Waals surface area contributed by atoms with E-state index in [4.69, 9.17) is 11.6 Å². The van der Waals surface area contributed by atoms with Crippen molar-refractivity contribution in [3.63, 3.8) is 0 Å². The first-order valence-electron chi connectivity index (χ1n) is 6.54. The van der Waals surface area contributed by atoms with Gasteiger partial charge in [0.15, 0.2) is 0 Å². The summed E-state index contributed by atoms with van der Waals surface area (Å²) in [7, 11) is 3.58. The molecule has 1 heterocycles. The third kappa shape index (κ3) is 2.43. The average Bonchev–Trinajstić information content (AvgIpc) is 2.72. The molecule has 0 amide bonds. The Kier molecular flexibility index (Phi) is 3.68. The predicted octanol–water partition coefficient (Wildman–Crippen LogP) is 4.01. The van der Waals surface area contributed by atoms with Crippen LogP contribution in [0.15, 0.2) is 47.3 Å². The van der Waals surface area contributed by atoms with Gasteiger partial charge < -0.3 is 0 Å². The molecule has 0 saturated carbocycles. The van der Waals surface area contributed by atoms with Crippen molar-refractivity contribution in [3.05, 3.63) is 69.1 Å². The first-order chi connectivity index (χ1) is 9.99. The van der Waals surface area contributed by atoms with Crippen molar-refractivity contribution >= 4 is 38.6 Å². The molecule has 0 bridgehead atoms. The van der Waals surface area contributed by atoms with E-state index in [0.717, 1.165) is 27.2 Å². The second kappa shape index (κ2) is 5.35. The van der Waals surface area contributed by atoms with Gasteiger partial charge in [-0.15, -0.1) is 0 Å². The number of rotatable bonds is 2. The monoisotopic (exact) mass is 364 g/mol. The first-order valence-corrected chi connectivity index (χ1v) is 7.83. The van der Waals surface area contributed by atoms with Gasteiger partial charge in [0.05, 0.1) is 15.9 Å². The Morgan fingerprint density at radius 2 is 1.52 bits per heavy atom. The predicted molar refractivity (Wildman–Crippen MR) is 90.4 cm³/mol. The van der Waals surface area contributed by atoms with Crippen molar-refractivity contribution < 1.29 is 0 Å². The molecule has 0 spiro atoms. The summed E-state index contributed by atoms with van der Waals surface area (Å²) in [5.41, 5.74) is 4.07. The van der Waals surface area contributed by atoms with Gasteiger partial charge in [0.1, 0.15) is 0 Å². The molecule has 3 rings (SSSR count). The van der Waals surface area contributed by atoms with Gasteiger partial charge in [-0.25, -0.2) is 4.79 Å². The summed E-state index contributed by atoms with van der Waals surface area (Å²) in [5.74, 6) is 0. The van der Waals surface area contributed by atoms with E-state index in [-0.39, 0.29) is 10.5 Å². The third-order valence-corrected chi connectivity index (χ3v) is 5.06. The Morgan fingerprint density at radius 1 is 0.952 bits per heavy atom. The second-order valence-corrected chi connectivity index (χ2v) is 6.41. The Bertz CT molecular complexity index is 864. The van der Waals surface area contributed by atoms with E-state index in [2.05, 4.69) is 15.9 Å². The number of alkyl halides is 1. The van der Waals surface area contributed by atoms with Gasteiger partial charge in [0.2, 0.25) is 0 Å². The molecule has 0 aliphatic rings. The third-order valence-electron chi connectivity index (χ3n) is 3.75. The van der Waals surface area contributed by atoms with Gasteiger partial charge in [0, 0.05) is 19.1 Å². The molecule has 0 saturated heterocycles. The molecule has 0 radical (unpaired) electrons. The summed E-state index contributed by atoms with van der Waals surface area (Å²) in [6.45, 7) is 0. The molecule has 3 aromatic rings. The molecular weight excluding hydrogens is 352 g/mol. The zero-order valence-corrected chi connectivity index (χ0v) is 14.0. The average molecular weight is 366 g/mol. The molecular formula is C16H14BrClN2O. The maximum atomic E-state index is 12.0. The summed E-state index contributed by atoms with van der Waals surface area (Å²) in [5, 5.41) is 0.722. The fourth-order valence-corrected chi connectivity index (χ4v) is 3.22. The summed E-state index contributed by atoms with van der Waals surface area (Å²) in [6, 6.07) is 13.8. The number of aryl methyl sites for hydroxylation is 2. The zero-order valence-electron chi connectivity index (χ0n) is 11.7. The van der Waals surface area contributed by atoms with E-state index < -0.39 is 0 Å². The zero-order chi connectivity index (χ0) is 15.1. The van der Waals surface area contributed by atoms with Crippen LogP contribution < -0.4 is 5.69 Å². The molecule has 0 aliphatic carbocycles. The van der Waals surface area contributed by atoms with Crippen molar-refractivity contribution in [1.29, 1.82) is 0 Å². The number of aromatic nitrogens is 2. The highest BCUT2D eigenvalue weighted by molar-refractivity contribution is 9.09. The summed E-state index contributed by atoms with van der Waals surface area (Å²) < 4.78 is 3.32. The smallest absolute Gasteiger partial charge is 0.295 e. The highest BCUT2D eigenvalue weighted by Gasteiger charge is 2.14. The van der Waals surface area contributed by atoms with Crippen molar-refractivity contribution in [3.8, 4) is 0 Å². The minimum Gasteiger partial charge on any atom is -0.295 e. The number of halogens is 2. The standard InChI is InChI=1S/C16H14BrClN2O/c1-19-13-8-5-11(9-14(13)20(2)16(19)21)15(17)10-3-6-12(18)7-4-10/h3-9,15H,1-2H3. The lowest BCUT2D eigenvalue weighted by molar-refractivity contribution is 0.795. The van der Waals surface area contributed by atoms with Crippen LogP contribution in [0.4, 0.5) is 0 Å². The Morgan fingerprint density at radius 3 is 2.19 bits per heavy atom.